The third-order valence-corrected chi connectivity index (χ3v) is 6.59. The van der Waals surface area contributed by atoms with E-state index in [1.807, 2.05) is 41.1 Å². The Morgan fingerprint density at radius 3 is 2.74 bits per heavy atom. The highest BCUT2D eigenvalue weighted by molar-refractivity contribution is 7.99. The van der Waals surface area contributed by atoms with Crippen molar-refractivity contribution in [1.82, 2.24) is 24.6 Å². The van der Waals surface area contributed by atoms with Gasteiger partial charge >= 0.3 is 0 Å². The maximum absolute atomic E-state index is 12.4. The topological polar surface area (TPSA) is 85.2 Å². The molecule has 2 aromatic heterocycles. The number of morpholine rings is 1. The van der Waals surface area contributed by atoms with Gasteiger partial charge in [0.25, 0.3) is 0 Å². The molecule has 0 bridgehead atoms. The quantitative estimate of drug-likeness (QED) is 0.543. The molecule has 8 nitrogen and oxygen atoms in total. The summed E-state index contributed by atoms with van der Waals surface area (Å²) in [5.74, 6) is 0.121. The van der Waals surface area contributed by atoms with Gasteiger partial charge in [-0.1, -0.05) is 29.5 Å². The minimum absolute atomic E-state index is 0.113. The molecule has 1 N–H and O–H groups in total. The Hall–Kier alpha value is -2.27. The minimum Gasteiger partial charge on any atom is -0.373 e. The molecule has 1 aliphatic rings. The second-order valence-electron chi connectivity index (χ2n) is 7.75. The zero-order chi connectivity index (χ0) is 21.8. The number of hydrogen-bond acceptors (Lipinski definition) is 8. The Morgan fingerprint density at radius 2 is 2.00 bits per heavy atom. The summed E-state index contributed by atoms with van der Waals surface area (Å²) in [6, 6.07) is 8.09. The Labute approximate surface area is 190 Å². The van der Waals surface area contributed by atoms with Crippen LogP contribution in [-0.4, -0.2) is 61.6 Å². The largest absolute Gasteiger partial charge is 0.373 e. The molecule has 1 aliphatic heterocycles. The Bertz CT molecular complexity index is 1010. The van der Waals surface area contributed by atoms with Crippen molar-refractivity contribution in [2.45, 2.75) is 44.7 Å². The van der Waals surface area contributed by atoms with E-state index in [4.69, 9.17) is 4.74 Å². The van der Waals surface area contributed by atoms with Gasteiger partial charge in [0.2, 0.25) is 5.91 Å². The predicted octanol–water partition coefficient (Wildman–Crippen LogP) is 3.37. The first kappa shape index (κ1) is 21.9. The summed E-state index contributed by atoms with van der Waals surface area (Å²) in [4.78, 5) is 19.4. The van der Waals surface area contributed by atoms with E-state index >= 15 is 0 Å². The van der Waals surface area contributed by atoms with Crippen LogP contribution in [0.25, 0.3) is 5.69 Å². The fourth-order valence-electron chi connectivity index (χ4n) is 3.57. The summed E-state index contributed by atoms with van der Waals surface area (Å²) in [7, 11) is 0. The van der Waals surface area contributed by atoms with Gasteiger partial charge in [0.1, 0.15) is 6.33 Å². The number of thiazole rings is 1. The van der Waals surface area contributed by atoms with Crippen LogP contribution in [0.2, 0.25) is 0 Å². The molecule has 0 aliphatic carbocycles. The second-order valence-corrected chi connectivity index (χ2v) is 9.55. The summed E-state index contributed by atoms with van der Waals surface area (Å²) in [6.45, 7) is 8.77. The molecule has 31 heavy (non-hydrogen) atoms. The Kier molecular flexibility index (Phi) is 7.01. The van der Waals surface area contributed by atoms with Crippen LogP contribution in [0.1, 0.15) is 25.1 Å². The van der Waals surface area contributed by atoms with Crippen molar-refractivity contribution in [2.75, 3.05) is 24.2 Å². The number of nitrogens with one attached hydrogen (secondary N) is 1. The first-order valence-corrected chi connectivity index (χ1v) is 12.0. The number of aromatic nitrogens is 4. The molecule has 3 heterocycles. The van der Waals surface area contributed by atoms with Gasteiger partial charge in [-0.3, -0.25) is 14.3 Å². The van der Waals surface area contributed by atoms with Crippen LogP contribution in [0.5, 0.6) is 0 Å². The van der Waals surface area contributed by atoms with Crippen LogP contribution in [0.4, 0.5) is 5.13 Å². The second kappa shape index (κ2) is 9.90. The van der Waals surface area contributed by atoms with Gasteiger partial charge in [-0.05, 0) is 32.9 Å². The highest BCUT2D eigenvalue weighted by Gasteiger charge is 2.23. The van der Waals surface area contributed by atoms with E-state index < -0.39 is 0 Å². The summed E-state index contributed by atoms with van der Waals surface area (Å²) >= 11 is 2.80. The molecule has 164 valence electrons. The van der Waals surface area contributed by atoms with E-state index in [9.17, 15) is 4.79 Å². The molecule has 2 unspecified atom stereocenters. The third-order valence-electron chi connectivity index (χ3n) is 4.84. The minimum atomic E-state index is -0.113. The molecular formula is C21H26N6O2S2. The number of amides is 1. The smallest absolute Gasteiger partial charge is 0.236 e. The highest BCUT2D eigenvalue weighted by Crippen LogP contribution is 2.22. The molecule has 10 heteroatoms. The van der Waals surface area contributed by atoms with E-state index in [0.717, 1.165) is 31.0 Å². The van der Waals surface area contributed by atoms with Gasteiger partial charge in [-0.2, -0.15) is 0 Å². The van der Waals surface area contributed by atoms with E-state index in [2.05, 4.69) is 39.2 Å². The lowest BCUT2D eigenvalue weighted by atomic mass is 10.2. The summed E-state index contributed by atoms with van der Waals surface area (Å²) in [5, 5.41) is 14.3. The zero-order valence-electron chi connectivity index (χ0n) is 17.8. The number of nitrogens with zero attached hydrogens (tertiary/aromatic N) is 5. The van der Waals surface area contributed by atoms with E-state index in [-0.39, 0.29) is 23.9 Å². The monoisotopic (exact) mass is 458 g/mol. The molecule has 3 aromatic rings. The van der Waals surface area contributed by atoms with Crippen molar-refractivity contribution in [2.24, 2.45) is 0 Å². The van der Waals surface area contributed by atoms with Gasteiger partial charge in [0.05, 0.1) is 23.7 Å². The summed E-state index contributed by atoms with van der Waals surface area (Å²) < 4.78 is 7.66. The number of carbonyl (C=O) groups excluding carboxylic acids is 1. The molecule has 4 rings (SSSR count). The van der Waals surface area contributed by atoms with Crippen LogP contribution < -0.4 is 5.32 Å². The summed E-state index contributed by atoms with van der Waals surface area (Å²) in [6.07, 6.45) is 2.10. The first-order chi connectivity index (χ1) is 15.0. The van der Waals surface area contributed by atoms with Crippen molar-refractivity contribution in [1.29, 1.82) is 0 Å². The molecule has 1 aromatic carbocycles. The number of thioether (sulfide) groups is 1. The molecule has 1 amide bonds. The number of rotatable bonds is 7. The average molecular weight is 459 g/mol. The Morgan fingerprint density at radius 1 is 1.26 bits per heavy atom. The maximum atomic E-state index is 12.4. The molecular weight excluding hydrogens is 432 g/mol. The van der Waals surface area contributed by atoms with Gasteiger partial charge in [0, 0.05) is 30.7 Å². The van der Waals surface area contributed by atoms with Crippen molar-refractivity contribution in [3.05, 3.63) is 47.2 Å². The fourth-order valence-corrected chi connectivity index (χ4v) is 5.02. The molecule has 0 spiro atoms. The fraction of sp³-hybridized carbons (Fsp3) is 0.429. The average Bonchev–Trinajstić information content (AvgIpc) is 3.35. The van der Waals surface area contributed by atoms with Crippen LogP contribution in [-0.2, 0) is 16.1 Å². The first-order valence-electron chi connectivity index (χ1n) is 10.2. The number of anilines is 1. The highest BCUT2D eigenvalue weighted by atomic mass is 32.2. The van der Waals surface area contributed by atoms with Crippen molar-refractivity contribution < 1.29 is 9.53 Å². The number of hydrogen-bond donors (Lipinski definition) is 1. The lowest BCUT2D eigenvalue weighted by Gasteiger charge is -2.34. The number of aryl methyl sites for hydroxylation is 1. The van der Waals surface area contributed by atoms with Crippen LogP contribution in [0.3, 0.4) is 0 Å². The number of benzene rings is 1. The van der Waals surface area contributed by atoms with Crippen molar-refractivity contribution in [3.63, 3.8) is 0 Å². The van der Waals surface area contributed by atoms with E-state index in [0.29, 0.717) is 10.3 Å². The van der Waals surface area contributed by atoms with Crippen LogP contribution in [0.15, 0.2) is 41.1 Å². The number of ether oxygens (including phenoxy) is 1. The third kappa shape index (κ3) is 5.91. The van der Waals surface area contributed by atoms with Crippen LogP contribution >= 0.6 is 23.1 Å². The van der Waals surface area contributed by atoms with Crippen molar-refractivity contribution in [3.8, 4) is 5.69 Å². The van der Waals surface area contributed by atoms with Gasteiger partial charge in [0.15, 0.2) is 10.3 Å². The normalized spacial score (nSPS) is 19.5. The van der Waals surface area contributed by atoms with E-state index in [1.54, 1.807) is 6.33 Å². The van der Waals surface area contributed by atoms with Gasteiger partial charge in [-0.15, -0.1) is 21.5 Å². The molecule has 0 saturated carbocycles. The van der Waals surface area contributed by atoms with Crippen LogP contribution in [0, 0.1) is 6.92 Å². The summed E-state index contributed by atoms with van der Waals surface area (Å²) in [5.41, 5.74) is 3.12. The molecule has 1 fully saturated rings. The zero-order valence-corrected chi connectivity index (χ0v) is 19.4. The standard InChI is InChI=1S/C21H26N6O2S2/c1-14-4-6-18(7-5-14)27-13-22-25-21(27)31-12-19(28)24-20-23-17(11-30-20)10-26-8-15(2)29-16(3)9-26/h4-7,11,13,15-16H,8-10,12H2,1-3H3,(H,23,24,28). The lowest BCUT2D eigenvalue weighted by molar-refractivity contribution is -0.113. The van der Waals surface area contributed by atoms with Gasteiger partial charge < -0.3 is 10.1 Å². The lowest BCUT2D eigenvalue weighted by Crippen LogP contribution is -2.44. The van der Waals surface area contributed by atoms with Crippen molar-refractivity contribution >= 4 is 34.1 Å². The maximum Gasteiger partial charge on any atom is 0.236 e. The SMILES string of the molecule is Cc1ccc(-n2cnnc2SCC(=O)Nc2nc(CN3CC(C)OC(C)C3)cs2)cc1. The number of carbonyl (C=O) groups is 1. The van der Waals surface area contributed by atoms with Gasteiger partial charge in [-0.25, -0.2) is 4.98 Å². The molecule has 1 saturated heterocycles. The Balaban J connectivity index is 1.29. The molecule has 0 radical (unpaired) electrons. The predicted molar refractivity (Wildman–Crippen MR) is 123 cm³/mol. The molecule has 2 atom stereocenters. The van der Waals surface area contributed by atoms with E-state index in [1.165, 1.54) is 28.7 Å².